The van der Waals surface area contributed by atoms with E-state index in [1.54, 1.807) is 0 Å². The maximum atomic E-state index is 10.2. The Morgan fingerprint density at radius 1 is 1.00 bits per heavy atom. The molecule has 0 fully saturated rings. The van der Waals surface area contributed by atoms with Gasteiger partial charge in [-0.15, -0.1) is 0 Å². The van der Waals surface area contributed by atoms with E-state index in [1.165, 1.54) is 0 Å². The van der Waals surface area contributed by atoms with Gasteiger partial charge in [-0.1, -0.05) is 6.58 Å². The molecule has 0 amide bonds. The maximum absolute atomic E-state index is 10.2. The number of aliphatic carboxylic acids is 2. The van der Waals surface area contributed by atoms with Crippen LogP contribution in [0.15, 0.2) is 12.3 Å². The highest BCUT2D eigenvalue weighted by Gasteiger charge is 2.13. The van der Waals surface area contributed by atoms with Gasteiger partial charge in [0.15, 0.2) is 0 Å². The van der Waals surface area contributed by atoms with Crippen molar-refractivity contribution in [2.75, 3.05) is 19.6 Å². The van der Waals surface area contributed by atoms with Crippen LogP contribution in [-0.2, 0) is 9.59 Å². The minimum absolute atomic E-state index is 0.154. The number of rotatable bonds is 6. The highest BCUT2D eigenvalue weighted by Crippen LogP contribution is 1.93. The van der Waals surface area contributed by atoms with E-state index in [2.05, 4.69) is 6.58 Å². The molecule has 0 saturated carbocycles. The first-order valence-corrected chi connectivity index (χ1v) is 3.44. The Balaban J connectivity index is 4.10. The van der Waals surface area contributed by atoms with E-state index >= 15 is 0 Å². The van der Waals surface area contributed by atoms with Crippen molar-refractivity contribution in [1.82, 2.24) is 4.90 Å². The normalized spacial score (nSPS) is 9.92. The molecular formula is C7H11NO5. The van der Waals surface area contributed by atoms with Crippen LogP contribution in [0.2, 0.25) is 0 Å². The zero-order chi connectivity index (χ0) is 10.4. The lowest BCUT2D eigenvalue weighted by molar-refractivity contribution is -0.141. The summed E-state index contributed by atoms with van der Waals surface area (Å²) in [6.45, 7) is 2.11. The van der Waals surface area contributed by atoms with E-state index < -0.39 is 25.0 Å². The first-order chi connectivity index (χ1) is 5.91. The Morgan fingerprint density at radius 3 is 1.62 bits per heavy atom. The molecule has 0 bridgehead atoms. The number of hydrogen-bond donors (Lipinski definition) is 3. The largest absolute Gasteiger partial charge is 0.512 e. The summed E-state index contributed by atoms with van der Waals surface area (Å²) < 4.78 is 0. The van der Waals surface area contributed by atoms with Gasteiger partial charge in [0.1, 0.15) is 0 Å². The summed E-state index contributed by atoms with van der Waals surface area (Å²) in [6, 6.07) is 0. The second-order valence-corrected chi connectivity index (χ2v) is 2.50. The van der Waals surface area contributed by atoms with Crippen molar-refractivity contribution < 1.29 is 24.9 Å². The quantitative estimate of drug-likeness (QED) is 0.488. The van der Waals surface area contributed by atoms with Crippen molar-refractivity contribution >= 4 is 11.9 Å². The van der Waals surface area contributed by atoms with Crippen LogP contribution in [0.3, 0.4) is 0 Å². The fourth-order valence-electron chi connectivity index (χ4n) is 0.808. The smallest absolute Gasteiger partial charge is 0.317 e. The minimum Gasteiger partial charge on any atom is -0.512 e. The van der Waals surface area contributed by atoms with Crippen molar-refractivity contribution in [3.05, 3.63) is 12.3 Å². The molecule has 3 N–H and O–H groups in total. The van der Waals surface area contributed by atoms with Gasteiger partial charge in [0.2, 0.25) is 0 Å². The average molecular weight is 189 g/mol. The molecule has 0 aliphatic rings. The highest BCUT2D eigenvalue weighted by molar-refractivity contribution is 5.72. The topological polar surface area (TPSA) is 98.1 Å². The molecule has 0 radical (unpaired) electrons. The van der Waals surface area contributed by atoms with Crippen LogP contribution in [0.4, 0.5) is 0 Å². The van der Waals surface area contributed by atoms with E-state index in [-0.39, 0.29) is 12.3 Å². The molecule has 0 heterocycles. The maximum Gasteiger partial charge on any atom is 0.317 e. The van der Waals surface area contributed by atoms with Gasteiger partial charge in [-0.25, -0.2) is 0 Å². The van der Waals surface area contributed by atoms with Crippen LogP contribution >= 0.6 is 0 Å². The Kier molecular flexibility index (Phi) is 4.53. The molecule has 13 heavy (non-hydrogen) atoms. The van der Waals surface area contributed by atoms with Crippen molar-refractivity contribution in [3.63, 3.8) is 0 Å². The first kappa shape index (κ1) is 11.4. The van der Waals surface area contributed by atoms with E-state index in [0.29, 0.717) is 0 Å². The van der Waals surface area contributed by atoms with E-state index in [4.69, 9.17) is 15.3 Å². The molecule has 6 nitrogen and oxygen atoms in total. The van der Waals surface area contributed by atoms with Crippen LogP contribution in [0.5, 0.6) is 0 Å². The fourth-order valence-corrected chi connectivity index (χ4v) is 0.808. The molecule has 0 aliphatic heterocycles. The van der Waals surface area contributed by atoms with E-state index in [0.717, 1.165) is 4.90 Å². The number of carbonyl (C=O) groups is 2. The predicted octanol–water partition coefficient (Wildman–Crippen LogP) is -0.471. The molecule has 74 valence electrons. The molecule has 0 saturated heterocycles. The number of carboxylic acids is 2. The van der Waals surface area contributed by atoms with Gasteiger partial charge < -0.3 is 15.3 Å². The summed E-state index contributed by atoms with van der Waals surface area (Å²) in [6.07, 6.45) is 0. The van der Waals surface area contributed by atoms with Gasteiger partial charge in [-0.2, -0.15) is 0 Å². The molecule has 0 atom stereocenters. The summed E-state index contributed by atoms with van der Waals surface area (Å²) in [5, 5.41) is 25.5. The summed E-state index contributed by atoms with van der Waals surface area (Å²) >= 11 is 0. The predicted molar refractivity (Wildman–Crippen MR) is 43.5 cm³/mol. The van der Waals surface area contributed by atoms with Crippen LogP contribution < -0.4 is 0 Å². The number of carboxylic acid groups (broad SMARTS) is 2. The zero-order valence-corrected chi connectivity index (χ0v) is 6.93. The van der Waals surface area contributed by atoms with Crippen LogP contribution in [0.1, 0.15) is 0 Å². The molecular weight excluding hydrogens is 178 g/mol. The number of aliphatic hydroxyl groups excluding tert-OH is 1. The SMILES string of the molecule is C=C(O)CN(CC(=O)O)CC(=O)O. The Hall–Kier alpha value is -1.56. The molecule has 0 aliphatic carbocycles. The van der Waals surface area contributed by atoms with Crippen molar-refractivity contribution in [3.8, 4) is 0 Å². The van der Waals surface area contributed by atoms with Crippen molar-refractivity contribution in [1.29, 1.82) is 0 Å². The van der Waals surface area contributed by atoms with Crippen molar-refractivity contribution in [2.45, 2.75) is 0 Å². The van der Waals surface area contributed by atoms with Crippen LogP contribution in [0, 0.1) is 0 Å². The van der Waals surface area contributed by atoms with Gasteiger partial charge in [0, 0.05) is 0 Å². The second kappa shape index (κ2) is 5.15. The van der Waals surface area contributed by atoms with Gasteiger partial charge in [-0.3, -0.25) is 14.5 Å². The molecule has 0 rings (SSSR count). The lowest BCUT2D eigenvalue weighted by Gasteiger charge is -2.16. The lowest BCUT2D eigenvalue weighted by Crippen LogP contribution is -2.35. The lowest BCUT2D eigenvalue weighted by atomic mass is 10.4. The third-order valence-corrected chi connectivity index (χ3v) is 1.12. The molecule has 0 aromatic heterocycles. The number of nitrogens with zero attached hydrogens (tertiary/aromatic N) is 1. The Labute approximate surface area is 74.7 Å². The van der Waals surface area contributed by atoms with E-state index in [9.17, 15) is 9.59 Å². The third kappa shape index (κ3) is 6.82. The summed E-state index contributed by atoms with van der Waals surface area (Å²) in [4.78, 5) is 21.5. The van der Waals surface area contributed by atoms with Crippen molar-refractivity contribution in [2.24, 2.45) is 0 Å². The average Bonchev–Trinajstić information content (AvgIpc) is 1.80. The molecule has 6 heteroatoms. The molecule has 0 aromatic carbocycles. The molecule has 0 spiro atoms. The van der Waals surface area contributed by atoms with Crippen LogP contribution in [0.25, 0.3) is 0 Å². The third-order valence-electron chi connectivity index (χ3n) is 1.12. The molecule has 0 aromatic rings. The van der Waals surface area contributed by atoms with Gasteiger partial charge in [0.05, 0.1) is 25.4 Å². The van der Waals surface area contributed by atoms with Gasteiger partial charge >= 0.3 is 11.9 Å². The Morgan fingerprint density at radius 2 is 1.38 bits per heavy atom. The summed E-state index contributed by atoms with van der Waals surface area (Å²) in [5.74, 6) is -2.56. The second-order valence-electron chi connectivity index (χ2n) is 2.50. The number of aliphatic hydroxyl groups is 1. The summed E-state index contributed by atoms with van der Waals surface area (Å²) in [7, 11) is 0. The van der Waals surface area contributed by atoms with Gasteiger partial charge in [0.25, 0.3) is 0 Å². The fraction of sp³-hybridized carbons (Fsp3) is 0.429. The van der Waals surface area contributed by atoms with E-state index in [1.807, 2.05) is 0 Å². The minimum atomic E-state index is -1.15. The standard InChI is InChI=1S/C7H11NO5/c1-5(9)2-8(3-6(10)11)4-7(12)13/h9H,1-4H2,(H,10,11)(H,12,13). The zero-order valence-electron chi connectivity index (χ0n) is 6.93. The van der Waals surface area contributed by atoms with Gasteiger partial charge in [-0.05, 0) is 0 Å². The molecule has 0 unspecified atom stereocenters. The highest BCUT2D eigenvalue weighted by atomic mass is 16.4. The van der Waals surface area contributed by atoms with Crippen LogP contribution in [-0.4, -0.2) is 51.8 Å². The first-order valence-electron chi connectivity index (χ1n) is 3.44. The number of hydrogen-bond acceptors (Lipinski definition) is 4. The summed E-state index contributed by atoms with van der Waals surface area (Å²) in [5.41, 5.74) is 0. The monoisotopic (exact) mass is 189 g/mol. The Bertz CT molecular complexity index is 187.